The molecule has 0 aromatic heterocycles. The van der Waals surface area contributed by atoms with Crippen molar-refractivity contribution in [3.8, 4) is 5.75 Å². The summed E-state index contributed by atoms with van der Waals surface area (Å²) in [6, 6.07) is 18.6. The molecule has 148 valence electrons. The van der Waals surface area contributed by atoms with Gasteiger partial charge in [-0.15, -0.1) is 0 Å². The number of hydrogen-bond donors (Lipinski definition) is 3. The summed E-state index contributed by atoms with van der Waals surface area (Å²) in [6.07, 6.45) is 1.74. The van der Waals surface area contributed by atoms with Gasteiger partial charge in [0, 0.05) is 31.7 Å². The van der Waals surface area contributed by atoms with Gasteiger partial charge >= 0.3 is 0 Å². The average Bonchev–Trinajstić information content (AvgIpc) is 3.39. The molecular weight excluding hydrogens is 352 g/mol. The van der Waals surface area contributed by atoms with E-state index in [1.54, 1.807) is 7.11 Å². The Labute approximate surface area is 166 Å². The number of methoxy groups -OCH3 is 1. The zero-order valence-corrected chi connectivity index (χ0v) is 16.2. The van der Waals surface area contributed by atoms with Crippen molar-refractivity contribution in [2.45, 2.75) is 37.5 Å². The third-order valence-corrected chi connectivity index (χ3v) is 5.61. The average molecular weight is 380 g/mol. The fourth-order valence-corrected chi connectivity index (χ4v) is 4.02. The maximum atomic E-state index is 12.7. The van der Waals surface area contributed by atoms with Crippen LogP contribution in [0, 0.1) is 0 Å². The maximum Gasteiger partial charge on any atom is 0.238 e. The normalized spacial score (nSPS) is 25.0. The molecule has 6 heteroatoms. The third kappa shape index (κ3) is 4.52. The zero-order valence-electron chi connectivity index (χ0n) is 16.2. The van der Waals surface area contributed by atoms with Gasteiger partial charge in [0.05, 0.1) is 7.11 Å². The first kappa shape index (κ1) is 18.9. The second-order valence-electron chi connectivity index (χ2n) is 7.62. The Morgan fingerprint density at radius 2 is 1.93 bits per heavy atom. The maximum absolute atomic E-state index is 12.7. The highest BCUT2D eigenvalue weighted by Crippen LogP contribution is 2.24. The Kier molecular flexibility index (Phi) is 5.90. The largest absolute Gasteiger partial charge is 0.497 e. The van der Waals surface area contributed by atoms with Crippen molar-refractivity contribution in [1.82, 2.24) is 21.1 Å². The molecule has 2 aromatic rings. The lowest BCUT2D eigenvalue weighted by Gasteiger charge is -2.18. The molecule has 3 unspecified atom stereocenters. The minimum atomic E-state index is -0.213. The highest BCUT2D eigenvalue weighted by molar-refractivity contribution is 5.82. The molecule has 6 nitrogen and oxygen atoms in total. The summed E-state index contributed by atoms with van der Waals surface area (Å²) in [4.78, 5) is 15.1. The minimum absolute atomic E-state index is 0.0788. The SMILES string of the molecule is COc1ccc(C2CC(C(=O)NC3CCN(Cc4ccccc4)C3)NN2)cc1. The highest BCUT2D eigenvalue weighted by atomic mass is 16.5. The molecule has 28 heavy (non-hydrogen) atoms. The highest BCUT2D eigenvalue weighted by Gasteiger charge is 2.32. The summed E-state index contributed by atoms with van der Waals surface area (Å²) in [6.45, 7) is 2.86. The van der Waals surface area contributed by atoms with Crippen LogP contribution >= 0.6 is 0 Å². The zero-order chi connectivity index (χ0) is 19.3. The van der Waals surface area contributed by atoms with Crippen molar-refractivity contribution in [2.75, 3.05) is 20.2 Å². The monoisotopic (exact) mass is 380 g/mol. The van der Waals surface area contributed by atoms with Gasteiger partial charge < -0.3 is 10.1 Å². The number of amides is 1. The van der Waals surface area contributed by atoms with E-state index in [1.165, 1.54) is 5.56 Å². The van der Waals surface area contributed by atoms with Crippen molar-refractivity contribution in [1.29, 1.82) is 0 Å². The number of nitrogens with zero attached hydrogens (tertiary/aromatic N) is 1. The van der Waals surface area contributed by atoms with Gasteiger partial charge in [0.15, 0.2) is 0 Å². The van der Waals surface area contributed by atoms with Crippen LogP contribution in [0.2, 0.25) is 0 Å². The molecule has 2 heterocycles. The van der Waals surface area contributed by atoms with Gasteiger partial charge in [-0.2, -0.15) is 0 Å². The van der Waals surface area contributed by atoms with Crippen LogP contribution in [0.5, 0.6) is 5.75 Å². The Morgan fingerprint density at radius 3 is 2.68 bits per heavy atom. The number of carbonyl (C=O) groups is 1. The van der Waals surface area contributed by atoms with E-state index in [-0.39, 0.29) is 24.0 Å². The van der Waals surface area contributed by atoms with Crippen molar-refractivity contribution < 1.29 is 9.53 Å². The molecular formula is C22H28N4O2. The molecule has 2 aromatic carbocycles. The number of likely N-dealkylation sites (tertiary alicyclic amines) is 1. The second-order valence-corrected chi connectivity index (χ2v) is 7.62. The number of ether oxygens (including phenoxy) is 1. The van der Waals surface area contributed by atoms with E-state index in [0.29, 0.717) is 0 Å². The first-order chi connectivity index (χ1) is 13.7. The Hall–Kier alpha value is -2.41. The molecule has 3 atom stereocenters. The van der Waals surface area contributed by atoms with Crippen LogP contribution in [0.4, 0.5) is 0 Å². The molecule has 0 aliphatic carbocycles. The number of nitrogens with one attached hydrogen (secondary N) is 3. The Balaban J connectivity index is 1.25. The van der Waals surface area contributed by atoms with Crippen LogP contribution in [-0.4, -0.2) is 43.1 Å². The van der Waals surface area contributed by atoms with Crippen molar-refractivity contribution in [3.63, 3.8) is 0 Å². The van der Waals surface area contributed by atoms with Crippen molar-refractivity contribution >= 4 is 5.91 Å². The van der Waals surface area contributed by atoms with Crippen LogP contribution in [0.3, 0.4) is 0 Å². The quantitative estimate of drug-likeness (QED) is 0.715. The Morgan fingerprint density at radius 1 is 1.14 bits per heavy atom. The summed E-state index contributed by atoms with van der Waals surface area (Å²) >= 11 is 0. The predicted molar refractivity (Wildman–Crippen MR) is 109 cm³/mol. The van der Waals surface area contributed by atoms with Crippen LogP contribution in [-0.2, 0) is 11.3 Å². The van der Waals surface area contributed by atoms with Gasteiger partial charge in [-0.25, -0.2) is 10.9 Å². The van der Waals surface area contributed by atoms with Gasteiger partial charge in [-0.05, 0) is 36.1 Å². The smallest absolute Gasteiger partial charge is 0.238 e. The number of rotatable bonds is 6. The fraction of sp³-hybridized carbons (Fsp3) is 0.409. The molecule has 4 rings (SSSR count). The van der Waals surface area contributed by atoms with Crippen molar-refractivity contribution in [2.24, 2.45) is 0 Å². The summed E-state index contributed by atoms with van der Waals surface area (Å²) in [5.41, 5.74) is 8.87. The van der Waals surface area contributed by atoms with E-state index in [2.05, 4.69) is 45.3 Å². The van der Waals surface area contributed by atoms with Gasteiger partial charge in [-0.3, -0.25) is 9.69 Å². The predicted octanol–water partition coefficient (Wildman–Crippen LogP) is 1.99. The number of hydrazine groups is 1. The number of carbonyl (C=O) groups excluding carboxylic acids is 1. The first-order valence-electron chi connectivity index (χ1n) is 9.93. The topological polar surface area (TPSA) is 65.6 Å². The lowest BCUT2D eigenvalue weighted by Crippen LogP contribution is -2.47. The standard InChI is InChI=1S/C22H28N4O2/c1-28-19-9-7-17(8-10-19)20-13-21(25-24-20)22(27)23-18-11-12-26(15-18)14-16-5-3-2-4-6-16/h2-10,18,20-21,24-25H,11-15H2,1H3,(H,23,27). The van der Waals surface area contributed by atoms with Crippen LogP contribution in [0.15, 0.2) is 54.6 Å². The molecule has 2 fully saturated rings. The first-order valence-corrected chi connectivity index (χ1v) is 9.93. The summed E-state index contributed by atoms with van der Waals surface area (Å²) < 4.78 is 5.21. The van der Waals surface area contributed by atoms with E-state index in [0.717, 1.165) is 43.8 Å². The van der Waals surface area contributed by atoms with Crippen LogP contribution < -0.4 is 20.9 Å². The Bertz CT molecular complexity index is 781. The van der Waals surface area contributed by atoms with Gasteiger partial charge in [0.25, 0.3) is 0 Å². The lowest BCUT2D eigenvalue weighted by molar-refractivity contribution is -0.123. The fourth-order valence-electron chi connectivity index (χ4n) is 4.02. The molecule has 2 aliphatic rings. The van der Waals surface area contributed by atoms with Crippen LogP contribution in [0.1, 0.15) is 30.0 Å². The van der Waals surface area contributed by atoms with E-state index in [9.17, 15) is 4.79 Å². The molecule has 1 amide bonds. The second kappa shape index (κ2) is 8.73. The third-order valence-electron chi connectivity index (χ3n) is 5.61. The van der Waals surface area contributed by atoms with E-state index >= 15 is 0 Å². The molecule has 2 saturated heterocycles. The minimum Gasteiger partial charge on any atom is -0.497 e. The molecule has 0 spiro atoms. The molecule has 3 N–H and O–H groups in total. The van der Waals surface area contributed by atoms with E-state index in [1.807, 2.05) is 30.3 Å². The molecule has 0 saturated carbocycles. The summed E-state index contributed by atoms with van der Waals surface area (Å²) in [7, 11) is 1.66. The summed E-state index contributed by atoms with van der Waals surface area (Å²) in [5, 5.41) is 3.22. The molecule has 0 bridgehead atoms. The lowest BCUT2D eigenvalue weighted by atomic mass is 10.0. The van der Waals surface area contributed by atoms with E-state index in [4.69, 9.17) is 4.74 Å². The van der Waals surface area contributed by atoms with E-state index < -0.39 is 0 Å². The van der Waals surface area contributed by atoms with Gasteiger partial charge in [0.2, 0.25) is 5.91 Å². The van der Waals surface area contributed by atoms with Gasteiger partial charge in [0.1, 0.15) is 11.8 Å². The van der Waals surface area contributed by atoms with Gasteiger partial charge in [-0.1, -0.05) is 42.5 Å². The number of hydrogen-bond acceptors (Lipinski definition) is 5. The number of benzene rings is 2. The van der Waals surface area contributed by atoms with Crippen LogP contribution in [0.25, 0.3) is 0 Å². The van der Waals surface area contributed by atoms with Crippen molar-refractivity contribution in [3.05, 3.63) is 65.7 Å². The molecule has 2 aliphatic heterocycles. The summed E-state index contributed by atoms with van der Waals surface area (Å²) in [5.74, 6) is 0.917. The molecule has 0 radical (unpaired) electrons.